The summed E-state index contributed by atoms with van der Waals surface area (Å²) in [5, 5.41) is 5.07. The number of carbonyl (C=O) groups is 1. The largest absolute Gasteiger partial charge is 0.460 e. The minimum atomic E-state index is -4.01. The molecule has 0 aliphatic rings. The third-order valence-electron chi connectivity index (χ3n) is 2.57. The highest BCUT2D eigenvalue weighted by Gasteiger charge is 2.19. The lowest BCUT2D eigenvalue weighted by molar-refractivity contribution is 0.0318. The molecule has 21 heavy (non-hydrogen) atoms. The summed E-state index contributed by atoms with van der Waals surface area (Å²) in [4.78, 5) is 11.6. The van der Waals surface area contributed by atoms with Gasteiger partial charge in [-0.2, -0.15) is 0 Å². The third kappa shape index (κ3) is 5.28. The van der Waals surface area contributed by atoms with Gasteiger partial charge in [0.25, 0.3) is 0 Å². The molecule has 0 bridgehead atoms. The van der Waals surface area contributed by atoms with E-state index in [1.54, 1.807) is 6.92 Å². The van der Waals surface area contributed by atoms with Crippen molar-refractivity contribution in [2.75, 3.05) is 19.8 Å². The van der Waals surface area contributed by atoms with Gasteiger partial charge in [0, 0.05) is 6.61 Å². The molecular weight excluding hydrogens is 318 g/mol. The normalized spacial score (nSPS) is 11.4. The summed E-state index contributed by atoms with van der Waals surface area (Å²) in [6.07, 6.45) is 0.877. The van der Waals surface area contributed by atoms with Gasteiger partial charge in [-0.3, -0.25) is 0 Å². The molecule has 0 heterocycles. The molecule has 0 saturated heterocycles. The lowest BCUT2D eigenvalue weighted by Gasteiger charge is -2.09. The lowest BCUT2D eigenvalue weighted by atomic mass is 10.1. The number of primary sulfonamides is 1. The first-order valence-corrected chi connectivity index (χ1v) is 8.27. The Bertz CT molecular complexity index is 615. The van der Waals surface area contributed by atoms with Crippen LogP contribution in [0.15, 0.2) is 17.0 Å². The monoisotopic (exact) mass is 335 g/mol. The molecule has 0 amide bonds. The number of halogens is 1. The van der Waals surface area contributed by atoms with Crippen molar-refractivity contribution in [1.82, 2.24) is 0 Å². The lowest BCUT2D eigenvalue weighted by Crippen LogP contribution is -2.16. The molecule has 0 spiro atoms. The van der Waals surface area contributed by atoms with Crippen molar-refractivity contribution >= 4 is 27.6 Å². The Kier molecular flexibility index (Phi) is 6.60. The van der Waals surface area contributed by atoms with Crippen molar-refractivity contribution in [2.24, 2.45) is 5.14 Å². The van der Waals surface area contributed by atoms with E-state index in [2.05, 4.69) is 0 Å². The van der Waals surface area contributed by atoms with Gasteiger partial charge in [-0.15, -0.1) is 0 Å². The second-order valence-corrected chi connectivity index (χ2v) is 6.31. The molecule has 1 rings (SSSR count). The highest BCUT2D eigenvalue weighted by molar-refractivity contribution is 7.89. The summed E-state index contributed by atoms with van der Waals surface area (Å²) >= 11 is 5.88. The van der Waals surface area contributed by atoms with Gasteiger partial charge in [0.05, 0.1) is 17.2 Å². The molecule has 0 aromatic heterocycles. The van der Waals surface area contributed by atoms with Crippen LogP contribution >= 0.6 is 11.6 Å². The van der Waals surface area contributed by atoms with E-state index in [0.29, 0.717) is 12.2 Å². The first-order chi connectivity index (χ1) is 9.77. The molecule has 0 fully saturated rings. The predicted molar refractivity (Wildman–Crippen MR) is 79.0 cm³/mol. The van der Waals surface area contributed by atoms with E-state index in [-0.39, 0.29) is 28.7 Å². The Labute approximate surface area is 129 Å². The van der Waals surface area contributed by atoms with E-state index in [0.717, 1.165) is 12.5 Å². The fraction of sp³-hybridized carbons (Fsp3) is 0.462. The zero-order valence-corrected chi connectivity index (χ0v) is 13.5. The van der Waals surface area contributed by atoms with Crippen molar-refractivity contribution in [2.45, 2.75) is 25.2 Å². The van der Waals surface area contributed by atoms with Crippen molar-refractivity contribution < 1.29 is 22.7 Å². The van der Waals surface area contributed by atoms with Gasteiger partial charge >= 0.3 is 5.97 Å². The van der Waals surface area contributed by atoms with Crippen LogP contribution in [-0.2, 0) is 19.5 Å². The number of benzene rings is 1. The fourth-order valence-corrected chi connectivity index (χ4v) is 2.72. The minimum absolute atomic E-state index is 0.000305. The number of hydrogen-bond acceptors (Lipinski definition) is 5. The average molecular weight is 336 g/mol. The molecule has 1 aromatic carbocycles. The van der Waals surface area contributed by atoms with E-state index in [1.807, 2.05) is 6.92 Å². The van der Waals surface area contributed by atoms with E-state index < -0.39 is 16.0 Å². The molecule has 2 N–H and O–H groups in total. The molecule has 0 aliphatic heterocycles. The van der Waals surface area contributed by atoms with Gasteiger partial charge in [-0.05, 0) is 31.0 Å². The third-order valence-corrected chi connectivity index (χ3v) is 4.12. The number of carbonyl (C=O) groups excluding carboxylic acids is 1. The van der Waals surface area contributed by atoms with Crippen LogP contribution in [0.2, 0.25) is 5.02 Å². The summed E-state index contributed by atoms with van der Waals surface area (Å²) in [5.41, 5.74) is 0.508. The van der Waals surface area contributed by atoms with Gasteiger partial charge in [0.15, 0.2) is 0 Å². The number of sulfonamides is 1. The molecule has 0 radical (unpaired) electrons. The predicted octanol–water partition coefficient (Wildman–Crippen LogP) is 1.88. The van der Waals surface area contributed by atoms with Gasteiger partial charge in [-0.1, -0.05) is 18.5 Å². The smallest absolute Gasteiger partial charge is 0.338 e. The maximum atomic E-state index is 11.9. The first kappa shape index (κ1) is 17.9. The highest BCUT2D eigenvalue weighted by Crippen LogP contribution is 2.26. The molecule has 8 heteroatoms. The quantitative estimate of drug-likeness (QED) is 0.606. The molecule has 118 valence electrons. The van der Waals surface area contributed by atoms with Gasteiger partial charge in [0.2, 0.25) is 10.0 Å². The minimum Gasteiger partial charge on any atom is -0.460 e. The average Bonchev–Trinajstić information content (AvgIpc) is 2.39. The first-order valence-electron chi connectivity index (χ1n) is 6.35. The Morgan fingerprint density at radius 1 is 1.29 bits per heavy atom. The Hall–Kier alpha value is -1.15. The molecule has 1 aromatic rings. The zero-order chi connectivity index (χ0) is 16.0. The van der Waals surface area contributed by atoms with Crippen LogP contribution in [0.1, 0.15) is 29.3 Å². The van der Waals surface area contributed by atoms with Crippen molar-refractivity contribution in [3.05, 3.63) is 28.3 Å². The molecule has 6 nitrogen and oxygen atoms in total. The number of ether oxygens (including phenoxy) is 2. The summed E-state index contributed by atoms with van der Waals surface area (Å²) in [5.74, 6) is -0.653. The summed E-state index contributed by atoms with van der Waals surface area (Å²) in [7, 11) is -4.01. The fourth-order valence-electron chi connectivity index (χ4n) is 1.59. The van der Waals surface area contributed by atoms with Crippen molar-refractivity contribution in [3.8, 4) is 0 Å². The van der Waals surface area contributed by atoms with E-state index in [4.69, 9.17) is 26.2 Å². The topological polar surface area (TPSA) is 95.7 Å². The Balaban J connectivity index is 2.84. The zero-order valence-electron chi connectivity index (χ0n) is 11.9. The number of esters is 1. The van der Waals surface area contributed by atoms with E-state index >= 15 is 0 Å². The second kappa shape index (κ2) is 7.74. The number of nitrogens with two attached hydrogens (primary N) is 1. The van der Waals surface area contributed by atoms with Crippen molar-refractivity contribution in [1.29, 1.82) is 0 Å². The number of rotatable bonds is 7. The Morgan fingerprint density at radius 3 is 2.52 bits per heavy atom. The van der Waals surface area contributed by atoms with Crippen molar-refractivity contribution in [3.63, 3.8) is 0 Å². The molecule has 0 aliphatic carbocycles. The van der Waals surface area contributed by atoms with E-state index in [1.165, 1.54) is 6.07 Å². The van der Waals surface area contributed by atoms with E-state index in [9.17, 15) is 13.2 Å². The van der Waals surface area contributed by atoms with Crippen LogP contribution in [0.5, 0.6) is 0 Å². The Morgan fingerprint density at radius 2 is 1.95 bits per heavy atom. The second-order valence-electron chi connectivity index (χ2n) is 4.40. The molecule has 0 saturated carbocycles. The molecular formula is C13H18ClNO5S. The maximum absolute atomic E-state index is 11.9. The van der Waals surface area contributed by atoms with Gasteiger partial charge in [0.1, 0.15) is 11.5 Å². The SMILES string of the molecule is CCCOCCOC(=O)c1cc(C)c(Cl)c(S(N)(=O)=O)c1. The van der Waals surface area contributed by atoms with Crippen LogP contribution in [0.25, 0.3) is 0 Å². The molecule has 0 unspecified atom stereocenters. The molecule has 0 atom stereocenters. The van der Waals surface area contributed by atoms with Crippen LogP contribution < -0.4 is 5.14 Å². The number of aryl methyl sites for hydroxylation is 1. The summed E-state index contributed by atoms with van der Waals surface area (Å²) < 4.78 is 33.0. The van der Waals surface area contributed by atoms with Crippen LogP contribution in [-0.4, -0.2) is 34.2 Å². The highest BCUT2D eigenvalue weighted by atomic mass is 35.5. The van der Waals surface area contributed by atoms with Crippen LogP contribution in [0.4, 0.5) is 0 Å². The van der Waals surface area contributed by atoms with Gasteiger partial charge in [-0.25, -0.2) is 18.4 Å². The van der Waals surface area contributed by atoms with Crippen LogP contribution in [0, 0.1) is 6.92 Å². The van der Waals surface area contributed by atoms with Crippen LogP contribution in [0.3, 0.4) is 0 Å². The number of hydrogen-bond donors (Lipinski definition) is 1. The maximum Gasteiger partial charge on any atom is 0.338 e. The van der Waals surface area contributed by atoms with Gasteiger partial charge < -0.3 is 9.47 Å². The standard InChI is InChI=1S/C13H18ClNO5S/c1-3-4-19-5-6-20-13(16)10-7-9(2)12(14)11(8-10)21(15,17)18/h7-8H,3-6H2,1-2H3,(H2,15,17,18). The summed E-state index contributed by atoms with van der Waals surface area (Å²) in [6.45, 7) is 4.52. The summed E-state index contributed by atoms with van der Waals surface area (Å²) in [6, 6.07) is 2.56.